The Bertz CT molecular complexity index is 1910. The van der Waals surface area contributed by atoms with Gasteiger partial charge in [0, 0.05) is 22.5 Å². The number of aromatic nitrogens is 2. The minimum atomic E-state index is -0.407. The van der Waals surface area contributed by atoms with Crippen LogP contribution in [0.25, 0.3) is 33.6 Å². The predicted molar refractivity (Wildman–Crippen MR) is 172 cm³/mol. The minimum absolute atomic E-state index is 0.232. The zero-order chi connectivity index (χ0) is 30.8. The molecule has 4 aromatic carbocycles. The van der Waals surface area contributed by atoms with Crippen LogP contribution in [0.5, 0.6) is 0 Å². The van der Waals surface area contributed by atoms with Gasteiger partial charge in [-0.15, -0.1) is 0 Å². The van der Waals surface area contributed by atoms with Crippen LogP contribution < -0.4 is 11.5 Å². The number of hydrogen-bond acceptors (Lipinski definition) is 6. The Hall–Kier alpha value is -5.42. The summed E-state index contributed by atoms with van der Waals surface area (Å²) in [6.07, 6.45) is 0. The largest absolute Gasteiger partial charge is 0.384 e. The molecule has 214 valence electrons. The third-order valence-electron chi connectivity index (χ3n) is 7.05. The lowest BCUT2D eigenvalue weighted by atomic mass is 10.0. The average Bonchev–Trinajstić information content (AvgIpc) is 3.50. The first-order chi connectivity index (χ1) is 21.4. The monoisotopic (exact) mass is 616 g/mol. The Balaban J connectivity index is 1.60. The van der Waals surface area contributed by atoms with Gasteiger partial charge in [-0.2, -0.15) is 10.5 Å². The molecule has 0 amide bonds. The molecule has 0 atom stereocenters. The lowest BCUT2D eigenvalue weighted by Gasteiger charge is -2.15. The molecule has 2 heterocycles. The number of hydrogen-bond donors (Lipinski definition) is 2. The number of halogens is 2. The highest BCUT2D eigenvalue weighted by Gasteiger charge is 2.28. The maximum Gasteiger partial charge on any atom is 0.127 e. The quantitative estimate of drug-likeness (QED) is 0.174. The zero-order valence-corrected chi connectivity index (χ0v) is 24.5. The molecule has 2 aromatic heterocycles. The first-order valence-electron chi connectivity index (χ1n) is 13.3. The van der Waals surface area contributed by atoms with E-state index in [2.05, 4.69) is 12.1 Å². The predicted octanol–water partition coefficient (Wildman–Crippen LogP) is 8.59. The van der Waals surface area contributed by atoms with Gasteiger partial charge in [0.15, 0.2) is 0 Å². The van der Waals surface area contributed by atoms with Crippen molar-refractivity contribution in [3.63, 3.8) is 0 Å². The van der Waals surface area contributed by atoms with Crippen LogP contribution >= 0.6 is 21.6 Å². The average molecular weight is 617 g/mol. The Morgan fingerprint density at radius 1 is 0.523 bits per heavy atom. The first-order valence-corrected chi connectivity index (χ1v) is 15.4. The molecule has 0 bridgehead atoms. The fraction of sp³-hybridized carbons (Fsp3) is 0. The summed E-state index contributed by atoms with van der Waals surface area (Å²) in [7, 11) is 2.64. The maximum atomic E-state index is 13.9. The van der Waals surface area contributed by atoms with E-state index in [0.717, 1.165) is 11.4 Å². The molecule has 0 saturated carbocycles. The molecule has 0 fully saturated rings. The first kappa shape index (κ1) is 28.7. The number of rotatable bonds is 7. The van der Waals surface area contributed by atoms with Crippen LogP contribution in [0.2, 0.25) is 0 Å². The van der Waals surface area contributed by atoms with E-state index < -0.39 is 11.6 Å². The summed E-state index contributed by atoms with van der Waals surface area (Å²) in [4.78, 5) is 0. The van der Waals surface area contributed by atoms with Crippen molar-refractivity contribution in [2.45, 2.75) is 10.1 Å². The zero-order valence-electron chi connectivity index (χ0n) is 22.9. The summed E-state index contributed by atoms with van der Waals surface area (Å²) < 4.78 is 31.5. The van der Waals surface area contributed by atoms with Gasteiger partial charge in [0.05, 0.1) is 0 Å². The molecule has 4 N–H and O–H groups in total. The van der Waals surface area contributed by atoms with E-state index in [1.807, 2.05) is 60.7 Å². The van der Waals surface area contributed by atoms with Gasteiger partial charge in [-0.1, -0.05) is 60.7 Å². The van der Waals surface area contributed by atoms with E-state index in [9.17, 15) is 19.3 Å². The van der Waals surface area contributed by atoms with Gasteiger partial charge in [-0.05, 0) is 81.2 Å². The molecule has 0 aliphatic rings. The molecule has 0 saturated heterocycles. The molecule has 0 aliphatic carbocycles. The summed E-state index contributed by atoms with van der Waals surface area (Å²) in [6, 6.07) is 35.0. The van der Waals surface area contributed by atoms with Crippen molar-refractivity contribution in [3.8, 4) is 45.8 Å². The minimum Gasteiger partial charge on any atom is -0.384 e. The lowest BCUT2D eigenvalue weighted by molar-refractivity contribution is 0.627. The van der Waals surface area contributed by atoms with Crippen molar-refractivity contribution in [1.29, 1.82) is 10.5 Å². The van der Waals surface area contributed by atoms with Gasteiger partial charge in [0.25, 0.3) is 0 Å². The van der Waals surface area contributed by atoms with Crippen LogP contribution in [-0.2, 0) is 0 Å². The standard InChI is InChI=1S/C34H22F2N6S2/c35-23-15-11-21(12-16-23)29-27(19-37)31(39)41(25-7-3-1-4-8-25)33(29)43-44-34-30(22-13-17-24(36)18-14-22)28(20-38)32(40)42(34)26-9-5-2-6-10-26/h1-18H,39-40H2. The number of benzene rings is 4. The van der Waals surface area contributed by atoms with Crippen molar-refractivity contribution in [2.24, 2.45) is 0 Å². The van der Waals surface area contributed by atoms with E-state index in [1.54, 1.807) is 33.4 Å². The molecule has 44 heavy (non-hydrogen) atoms. The summed E-state index contributed by atoms with van der Waals surface area (Å²) in [5, 5.41) is 21.7. The van der Waals surface area contributed by atoms with Crippen LogP contribution in [0.15, 0.2) is 119 Å². The van der Waals surface area contributed by atoms with Crippen molar-refractivity contribution in [3.05, 3.63) is 132 Å². The Morgan fingerprint density at radius 2 is 0.864 bits per heavy atom. The van der Waals surface area contributed by atoms with Crippen molar-refractivity contribution >= 4 is 33.2 Å². The molecule has 0 aliphatic heterocycles. The molecule has 0 spiro atoms. The van der Waals surface area contributed by atoms with Crippen LogP contribution in [0.3, 0.4) is 0 Å². The summed E-state index contributed by atoms with van der Waals surface area (Å²) in [6.45, 7) is 0. The van der Waals surface area contributed by atoms with Gasteiger partial charge in [-0.3, -0.25) is 9.13 Å². The number of para-hydroxylation sites is 2. The normalized spacial score (nSPS) is 10.8. The Morgan fingerprint density at radius 3 is 1.18 bits per heavy atom. The topological polar surface area (TPSA) is 109 Å². The van der Waals surface area contributed by atoms with Crippen LogP contribution in [0, 0.1) is 34.3 Å². The van der Waals surface area contributed by atoms with E-state index >= 15 is 0 Å². The van der Waals surface area contributed by atoms with Gasteiger partial charge >= 0.3 is 0 Å². The highest BCUT2D eigenvalue weighted by atomic mass is 33.1. The number of nitrogens with two attached hydrogens (primary N) is 2. The Labute approximate surface area is 260 Å². The number of nitriles is 2. The summed E-state index contributed by atoms with van der Waals surface area (Å²) in [5.41, 5.74) is 17.5. The van der Waals surface area contributed by atoms with Gasteiger partial charge in [-0.25, -0.2) is 8.78 Å². The van der Waals surface area contributed by atoms with E-state index in [1.165, 1.54) is 45.9 Å². The van der Waals surface area contributed by atoms with Crippen LogP contribution in [-0.4, -0.2) is 9.13 Å². The second-order valence-electron chi connectivity index (χ2n) is 9.63. The lowest BCUT2D eigenvalue weighted by Crippen LogP contribution is -2.02. The number of nitrogens with zero attached hydrogens (tertiary/aromatic N) is 4. The highest BCUT2D eigenvalue weighted by Crippen LogP contribution is 2.52. The second kappa shape index (κ2) is 12.1. The third kappa shape index (κ3) is 5.07. The molecule has 0 unspecified atom stereocenters. The molecule has 6 rings (SSSR count). The Kier molecular flexibility index (Phi) is 7.86. The van der Waals surface area contributed by atoms with Gasteiger partial charge in [0.2, 0.25) is 0 Å². The third-order valence-corrected chi connectivity index (χ3v) is 9.42. The van der Waals surface area contributed by atoms with Crippen molar-refractivity contribution in [2.75, 3.05) is 11.5 Å². The SMILES string of the molecule is N#Cc1c(-c2ccc(F)cc2)c(SSc2c(-c3ccc(F)cc3)c(C#N)c(N)n2-c2ccccc2)n(-c2ccccc2)c1N. The van der Waals surface area contributed by atoms with Crippen molar-refractivity contribution < 1.29 is 8.78 Å². The highest BCUT2D eigenvalue weighted by molar-refractivity contribution is 8.76. The smallest absolute Gasteiger partial charge is 0.127 e. The van der Waals surface area contributed by atoms with E-state index in [-0.39, 0.29) is 22.8 Å². The van der Waals surface area contributed by atoms with E-state index in [0.29, 0.717) is 32.3 Å². The molecule has 6 aromatic rings. The molecular formula is C34H22F2N6S2. The molecule has 0 radical (unpaired) electrons. The van der Waals surface area contributed by atoms with Crippen LogP contribution in [0.4, 0.5) is 20.4 Å². The number of nitrogen functional groups attached to an aromatic ring is 2. The molecular weight excluding hydrogens is 595 g/mol. The van der Waals surface area contributed by atoms with Crippen LogP contribution in [0.1, 0.15) is 11.1 Å². The van der Waals surface area contributed by atoms with Crippen molar-refractivity contribution in [1.82, 2.24) is 9.13 Å². The summed E-state index contributed by atoms with van der Waals surface area (Å²) >= 11 is 0. The second-order valence-corrected chi connectivity index (χ2v) is 11.7. The van der Waals surface area contributed by atoms with E-state index in [4.69, 9.17) is 11.5 Å². The number of anilines is 2. The summed E-state index contributed by atoms with van der Waals surface area (Å²) in [5.74, 6) is -0.350. The van der Waals surface area contributed by atoms with Gasteiger partial charge in [0.1, 0.15) is 56.6 Å². The van der Waals surface area contributed by atoms with Gasteiger partial charge < -0.3 is 11.5 Å². The maximum absolute atomic E-state index is 13.9. The fourth-order valence-corrected chi connectivity index (χ4v) is 7.78. The molecule has 10 heteroatoms. The fourth-order valence-electron chi connectivity index (χ4n) is 5.03. The molecule has 6 nitrogen and oxygen atoms in total.